The molecule has 0 aliphatic heterocycles. The molecular formula is C23H18FN3O2. The molecule has 0 radical (unpaired) electrons. The summed E-state index contributed by atoms with van der Waals surface area (Å²) in [4.78, 5) is 16.6. The van der Waals surface area contributed by atoms with Crippen molar-refractivity contribution in [2.75, 3.05) is 5.32 Å². The number of hydrogen-bond acceptors (Lipinski definition) is 3. The number of ether oxygens (including phenoxy) is 1. The molecule has 0 aliphatic rings. The second kappa shape index (κ2) is 8.39. The number of benzene rings is 2. The summed E-state index contributed by atoms with van der Waals surface area (Å²) in [5.41, 5.74) is 3.03. The summed E-state index contributed by atoms with van der Waals surface area (Å²) < 4.78 is 20.7. The average Bonchev–Trinajstić information content (AvgIpc) is 3.15. The smallest absolute Gasteiger partial charge is 0.248 e. The van der Waals surface area contributed by atoms with Crippen molar-refractivity contribution >= 4 is 23.3 Å². The van der Waals surface area contributed by atoms with Crippen LogP contribution in [-0.2, 0) is 11.4 Å². The predicted octanol–water partition coefficient (Wildman–Crippen LogP) is 4.70. The van der Waals surface area contributed by atoms with Gasteiger partial charge in [0.1, 0.15) is 23.8 Å². The van der Waals surface area contributed by atoms with Crippen LogP contribution in [0.15, 0.2) is 85.2 Å². The molecule has 2 heterocycles. The molecule has 6 heteroatoms. The van der Waals surface area contributed by atoms with Gasteiger partial charge in [-0.1, -0.05) is 24.3 Å². The first-order valence-electron chi connectivity index (χ1n) is 9.06. The lowest BCUT2D eigenvalue weighted by atomic mass is 10.2. The highest BCUT2D eigenvalue weighted by Crippen LogP contribution is 2.19. The van der Waals surface area contributed by atoms with E-state index in [0.29, 0.717) is 18.0 Å². The summed E-state index contributed by atoms with van der Waals surface area (Å²) in [5, 5.41) is 2.78. The molecule has 2 aromatic heterocycles. The number of amides is 1. The number of carbonyl (C=O) groups is 1. The van der Waals surface area contributed by atoms with Gasteiger partial charge >= 0.3 is 0 Å². The fourth-order valence-electron chi connectivity index (χ4n) is 2.81. The Morgan fingerprint density at radius 1 is 1.10 bits per heavy atom. The summed E-state index contributed by atoms with van der Waals surface area (Å²) in [6.45, 7) is 0.323. The van der Waals surface area contributed by atoms with Crippen molar-refractivity contribution in [3.05, 3.63) is 102 Å². The minimum Gasteiger partial charge on any atom is -0.487 e. The largest absolute Gasteiger partial charge is 0.487 e. The average molecular weight is 387 g/mol. The van der Waals surface area contributed by atoms with E-state index in [-0.39, 0.29) is 11.7 Å². The normalized spacial score (nSPS) is 11.1. The second-order valence-electron chi connectivity index (χ2n) is 6.39. The van der Waals surface area contributed by atoms with Crippen LogP contribution in [-0.4, -0.2) is 15.3 Å². The van der Waals surface area contributed by atoms with Gasteiger partial charge in [-0.15, -0.1) is 0 Å². The molecule has 144 valence electrons. The van der Waals surface area contributed by atoms with Crippen molar-refractivity contribution in [3.8, 4) is 5.75 Å². The van der Waals surface area contributed by atoms with E-state index in [1.807, 2.05) is 41.1 Å². The minimum atomic E-state index is -0.313. The monoisotopic (exact) mass is 387 g/mol. The van der Waals surface area contributed by atoms with E-state index < -0.39 is 0 Å². The molecule has 1 N–H and O–H groups in total. The molecule has 1 amide bonds. The van der Waals surface area contributed by atoms with Gasteiger partial charge in [0.2, 0.25) is 5.91 Å². The molecule has 2 aromatic carbocycles. The highest BCUT2D eigenvalue weighted by molar-refractivity contribution is 6.02. The molecule has 0 saturated carbocycles. The lowest BCUT2D eigenvalue weighted by Gasteiger charge is -2.07. The topological polar surface area (TPSA) is 55.6 Å². The van der Waals surface area contributed by atoms with Crippen LogP contribution in [0, 0.1) is 5.82 Å². The summed E-state index contributed by atoms with van der Waals surface area (Å²) in [7, 11) is 0. The minimum absolute atomic E-state index is 0.285. The van der Waals surface area contributed by atoms with Crippen LogP contribution < -0.4 is 10.1 Å². The Bertz CT molecular complexity index is 1130. The number of nitrogens with one attached hydrogen (secondary N) is 1. The molecule has 0 saturated heterocycles. The van der Waals surface area contributed by atoms with Crippen LogP contribution in [0.1, 0.15) is 11.3 Å². The van der Waals surface area contributed by atoms with Crippen LogP contribution in [0.2, 0.25) is 0 Å². The maximum absolute atomic E-state index is 12.9. The van der Waals surface area contributed by atoms with Gasteiger partial charge in [-0.25, -0.2) is 9.37 Å². The Kier molecular flexibility index (Phi) is 5.33. The van der Waals surface area contributed by atoms with Crippen LogP contribution >= 0.6 is 0 Å². The number of halogens is 1. The molecular weight excluding hydrogens is 369 g/mol. The third-order valence-electron chi connectivity index (χ3n) is 4.20. The molecule has 5 nitrogen and oxygen atoms in total. The number of carbonyl (C=O) groups excluding carboxylic acids is 1. The molecule has 0 aliphatic carbocycles. The predicted molar refractivity (Wildman–Crippen MR) is 110 cm³/mol. The van der Waals surface area contributed by atoms with E-state index in [1.54, 1.807) is 36.4 Å². The Morgan fingerprint density at radius 2 is 1.97 bits per heavy atom. The second-order valence-corrected chi connectivity index (χ2v) is 6.39. The molecule has 29 heavy (non-hydrogen) atoms. The van der Waals surface area contributed by atoms with Crippen molar-refractivity contribution < 1.29 is 13.9 Å². The summed E-state index contributed by atoms with van der Waals surface area (Å²) in [5.74, 6) is 0.0289. The zero-order chi connectivity index (χ0) is 20.1. The maximum Gasteiger partial charge on any atom is 0.248 e. The van der Waals surface area contributed by atoms with Gasteiger partial charge in [0.05, 0.1) is 5.69 Å². The molecule has 0 bridgehead atoms. The number of fused-ring (bicyclic) bond motifs is 1. The van der Waals surface area contributed by atoms with Crippen LogP contribution in [0.25, 0.3) is 11.7 Å². The quantitative estimate of drug-likeness (QED) is 0.488. The molecule has 0 fully saturated rings. The molecule has 0 spiro atoms. The van der Waals surface area contributed by atoms with E-state index in [4.69, 9.17) is 4.74 Å². The van der Waals surface area contributed by atoms with Crippen molar-refractivity contribution in [1.82, 2.24) is 9.38 Å². The summed E-state index contributed by atoms with van der Waals surface area (Å²) >= 11 is 0. The van der Waals surface area contributed by atoms with Gasteiger partial charge in [-0.05, 0) is 48.0 Å². The fraction of sp³-hybridized carbons (Fsp3) is 0.0435. The van der Waals surface area contributed by atoms with Gasteiger partial charge < -0.3 is 14.5 Å². The number of hydrogen-bond donors (Lipinski definition) is 1. The van der Waals surface area contributed by atoms with E-state index in [0.717, 1.165) is 16.9 Å². The Balaban J connectivity index is 1.36. The number of imidazole rings is 1. The first-order chi connectivity index (χ1) is 14.2. The van der Waals surface area contributed by atoms with Gasteiger partial charge in [0.25, 0.3) is 0 Å². The third-order valence-corrected chi connectivity index (χ3v) is 4.20. The standard InChI is InChI=1S/C23H18FN3O2/c24-18-10-7-17(8-11-18)9-12-23(28)26-19-4-3-5-21(14-19)29-16-20-15-27-13-2-1-6-22(27)25-20/h1-15H,16H2,(H,26,28)/b12-9+. The highest BCUT2D eigenvalue weighted by atomic mass is 19.1. The van der Waals surface area contributed by atoms with Gasteiger partial charge in [-0.3, -0.25) is 4.79 Å². The van der Waals surface area contributed by atoms with Crippen LogP contribution in [0.5, 0.6) is 5.75 Å². The summed E-state index contributed by atoms with van der Waals surface area (Å²) in [6, 6.07) is 18.9. The van der Waals surface area contributed by atoms with Crippen molar-refractivity contribution in [1.29, 1.82) is 0 Å². The van der Waals surface area contributed by atoms with Crippen LogP contribution in [0.3, 0.4) is 0 Å². The van der Waals surface area contributed by atoms with Gasteiger partial charge in [-0.2, -0.15) is 0 Å². The first-order valence-corrected chi connectivity index (χ1v) is 9.06. The zero-order valence-electron chi connectivity index (χ0n) is 15.5. The highest BCUT2D eigenvalue weighted by Gasteiger charge is 2.04. The van der Waals surface area contributed by atoms with Gasteiger partial charge in [0, 0.05) is 30.2 Å². The molecule has 4 aromatic rings. The Hall–Kier alpha value is -3.93. The fourth-order valence-corrected chi connectivity index (χ4v) is 2.81. The first kappa shape index (κ1) is 18.4. The number of pyridine rings is 1. The third kappa shape index (κ3) is 4.87. The van der Waals surface area contributed by atoms with E-state index in [9.17, 15) is 9.18 Å². The van der Waals surface area contributed by atoms with Crippen molar-refractivity contribution in [3.63, 3.8) is 0 Å². The lowest BCUT2D eigenvalue weighted by molar-refractivity contribution is -0.111. The number of rotatable bonds is 6. The van der Waals surface area contributed by atoms with Crippen molar-refractivity contribution in [2.24, 2.45) is 0 Å². The zero-order valence-corrected chi connectivity index (χ0v) is 15.5. The Morgan fingerprint density at radius 3 is 2.79 bits per heavy atom. The van der Waals surface area contributed by atoms with E-state index in [2.05, 4.69) is 10.3 Å². The number of nitrogens with zero attached hydrogens (tertiary/aromatic N) is 2. The van der Waals surface area contributed by atoms with Crippen molar-refractivity contribution in [2.45, 2.75) is 6.61 Å². The number of aromatic nitrogens is 2. The van der Waals surface area contributed by atoms with E-state index in [1.165, 1.54) is 18.2 Å². The molecule has 0 unspecified atom stereocenters. The number of anilines is 1. The Labute approximate surface area is 167 Å². The van der Waals surface area contributed by atoms with Gasteiger partial charge in [0.15, 0.2) is 0 Å². The lowest BCUT2D eigenvalue weighted by Crippen LogP contribution is -2.07. The molecule has 0 atom stereocenters. The SMILES string of the molecule is O=C(/C=C/c1ccc(F)cc1)Nc1cccc(OCc2cn3ccccc3n2)c1. The molecule has 4 rings (SSSR count). The van der Waals surface area contributed by atoms with E-state index >= 15 is 0 Å². The summed E-state index contributed by atoms with van der Waals surface area (Å²) in [6.07, 6.45) is 6.87. The van der Waals surface area contributed by atoms with Crippen LogP contribution in [0.4, 0.5) is 10.1 Å². The maximum atomic E-state index is 12.9.